The van der Waals surface area contributed by atoms with Gasteiger partial charge in [-0.1, -0.05) is 51.5 Å². The summed E-state index contributed by atoms with van der Waals surface area (Å²) in [6, 6.07) is 11.7. The van der Waals surface area contributed by atoms with Gasteiger partial charge in [-0.05, 0) is 80.6 Å². The monoisotopic (exact) mass is 615 g/mol. The second kappa shape index (κ2) is 14.6. The number of carbonyl (C=O) groups excluding carboxylic acids is 1. The van der Waals surface area contributed by atoms with Crippen LogP contribution in [0.5, 0.6) is 11.5 Å². The molecule has 10 heteroatoms. The van der Waals surface area contributed by atoms with Gasteiger partial charge in [0.2, 0.25) is 0 Å². The van der Waals surface area contributed by atoms with Gasteiger partial charge in [0.1, 0.15) is 19.0 Å². The number of carbonyl (C=O) groups is 1. The Kier molecular flexibility index (Phi) is 10.2. The first-order chi connectivity index (χ1) is 22.0. The molecule has 1 aromatic heterocycles. The first kappa shape index (κ1) is 31.4. The Morgan fingerprint density at radius 3 is 2.53 bits per heavy atom. The number of ether oxygens (including phenoxy) is 2. The van der Waals surface area contributed by atoms with Gasteiger partial charge in [-0.3, -0.25) is 15.4 Å². The van der Waals surface area contributed by atoms with Gasteiger partial charge in [-0.15, -0.1) is 10.2 Å². The number of amides is 1. The molecule has 3 aliphatic rings. The quantitative estimate of drug-likeness (QED) is 0.240. The van der Waals surface area contributed by atoms with E-state index in [0.717, 1.165) is 65.9 Å². The van der Waals surface area contributed by atoms with Gasteiger partial charge in [0.25, 0.3) is 5.91 Å². The van der Waals surface area contributed by atoms with Gasteiger partial charge in [-0.2, -0.15) is 0 Å². The lowest BCUT2D eigenvalue weighted by Gasteiger charge is -2.43. The third-order valence-corrected chi connectivity index (χ3v) is 9.43. The fourth-order valence-corrected chi connectivity index (χ4v) is 6.97. The Labute approximate surface area is 267 Å². The minimum atomic E-state index is -0.125. The number of hydrogen-bond acceptors (Lipinski definition) is 8. The van der Waals surface area contributed by atoms with Crippen molar-refractivity contribution < 1.29 is 14.3 Å². The molecule has 0 bridgehead atoms. The highest BCUT2D eigenvalue weighted by molar-refractivity contribution is 5.95. The first-order valence-electron chi connectivity index (χ1n) is 17.0. The third kappa shape index (κ3) is 7.61. The standard InChI is InChI=1S/C35H49N7O3/c1-3-17-42-32(40-41-33(42)29-13-16-38-35(39-29)14-8-6-4-5-7-9-15-35)24-36-28-12-10-11-26(21-28)34(43)37-23-27-22-31-30(20-25(27)2)44-18-19-45-31/h10-12,20-22,29,36,38-39H,3-9,13-19,23-24H2,1-2H3,(H,37,43). The number of nitrogens with zero attached hydrogens (tertiary/aromatic N) is 3. The summed E-state index contributed by atoms with van der Waals surface area (Å²) < 4.78 is 13.7. The van der Waals surface area contributed by atoms with Crippen LogP contribution in [0.4, 0.5) is 5.69 Å². The molecule has 1 aliphatic carbocycles. The van der Waals surface area contributed by atoms with Crippen molar-refractivity contribution in [2.45, 2.75) is 109 Å². The number of aromatic nitrogens is 3. The number of aryl methyl sites for hydroxylation is 1. The Balaban J connectivity index is 1.09. The maximum absolute atomic E-state index is 13.1. The van der Waals surface area contributed by atoms with E-state index >= 15 is 0 Å². The van der Waals surface area contributed by atoms with Crippen LogP contribution < -0.4 is 30.7 Å². The van der Waals surface area contributed by atoms with E-state index in [0.29, 0.717) is 31.9 Å². The van der Waals surface area contributed by atoms with Crippen LogP contribution in [0.25, 0.3) is 0 Å². The van der Waals surface area contributed by atoms with Crippen LogP contribution in [-0.4, -0.2) is 46.1 Å². The lowest BCUT2D eigenvalue weighted by atomic mass is 9.92. The lowest BCUT2D eigenvalue weighted by molar-refractivity contribution is 0.0950. The summed E-state index contributed by atoms with van der Waals surface area (Å²) in [5.74, 6) is 3.32. The van der Waals surface area contributed by atoms with Gasteiger partial charge in [0.15, 0.2) is 17.3 Å². The minimum Gasteiger partial charge on any atom is -0.486 e. The number of rotatable bonds is 9. The van der Waals surface area contributed by atoms with E-state index in [4.69, 9.17) is 14.6 Å². The van der Waals surface area contributed by atoms with Crippen molar-refractivity contribution in [3.05, 3.63) is 64.7 Å². The molecule has 2 aromatic carbocycles. The van der Waals surface area contributed by atoms with Crippen LogP contribution in [0.1, 0.15) is 110 Å². The predicted molar refractivity (Wildman–Crippen MR) is 176 cm³/mol. The normalized spacial score (nSPS) is 19.7. The van der Waals surface area contributed by atoms with E-state index < -0.39 is 0 Å². The molecule has 10 nitrogen and oxygen atoms in total. The molecule has 242 valence electrons. The molecule has 1 saturated heterocycles. The van der Waals surface area contributed by atoms with Crippen molar-refractivity contribution in [3.63, 3.8) is 0 Å². The Morgan fingerprint density at radius 1 is 1.00 bits per heavy atom. The van der Waals surface area contributed by atoms with Gasteiger partial charge >= 0.3 is 0 Å². The molecule has 2 fully saturated rings. The fourth-order valence-electron chi connectivity index (χ4n) is 6.97. The van der Waals surface area contributed by atoms with E-state index in [1.807, 2.05) is 43.3 Å². The lowest BCUT2D eigenvalue weighted by Crippen LogP contribution is -2.62. The summed E-state index contributed by atoms with van der Waals surface area (Å²) in [4.78, 5) is 13.1. The summed E-state index contributed by atoms with van der Waals surface area (Å²) in [5, 5.41) is 23.8. The molecular weight excluding hydrogens is 566 g/mol. The molecule has 3 heterocycles. The zero-order valence-electron chi connectivity index (χ0n) is 26.9. The zero-order valence-corrected chi connectivity index (χ0v) is 26.9. The average Bonchev–Trinajstić information content (AvgIpc) is 3.50. The van der Waals surface area contributed by atoms with E-state index in [9.17, 15) is 4.79 Å². The Bertz CT molecular complexity index is 1440. The van der Waals surface area contributed by atoms with Crippen LogP contribution in [0, 0.1) is 6.92 Å². The van der Waals surface area contributed by atoms with Crippen LogP contribution in [0.2, 0.25) is 0 Å². The summed E-state index contributed by atoms with van der Waals surface area (Å²) in [6.45, 7) is 8.12. The summed E-state index contributed by atoms with van der Waals surface area (Å²) in [5.41, 5.74) is 3.53. The SMILES string of the molecule is CCCn1c(CNc2cccc(C(=O)NCc3cc4c(cc3C)OCCO4)c2)nnc1C1CCNC2(CCCCCCCC2)N1. The molecule has 3 aromatic rings. The van der Waals surface area contributed by atoms with Crippen LogP contribution in [-0.2, 0) is 19.6 Å². The first-order valence-corrected chi connectivity index (χ1v) is 17.0. The molecule has 45 heavy (non-hydrogen) atoms. The van der Waals surface area contributed by atoms with E-state index in [2.05, 4.69) is 37.9 Å². The molecule has 4 N–H and O–H groups in total. The molecule has 1 amide bonds. The Hall–Kier alpha value is -3.63. The van der Waals surface area contributed by atoms with Crippen LogP contribution in [0.3, 0.4) is 0 Å². The molecule has 0 radical (unpaired) electrons. The number of hydrogen-bond donors (Lipinski definition) is 4. The molecular formula is C35H49N7O3. The number of benzene rings is 2. The predicted octanol–water partition coefficient (Wildman–Crippen LogP) is 5.76. The van der Waals surface area contributed by atoms with Crippen molar-refractivity contribution in [3.8, 4) is 11.5 Å². The van der Waals surface area contributed by atoms with Crippen molar-refractivity contribution in [1.82, 2.24) is 30.7 Å². The molecule has 6 rings (SSSR count). The van der Waals surface area contributed by atoms with Crippen molar-refractivity contribution in [2.75, 3.05) is 25.1 Å². The number of fused-ring (bicyclic) bond motifs is 1. The largest absolute Gasteiger partial charge is 0.486 e. The fraction of sp³-hybridized carbons (Fsp3) is 0.571. The van der Waals surface area contributed by atoms with Crippen LogP contribution >= 0.6 is 0 Å². The van der Waals surface area contributed by atoms with Crippen LogP contribution in [0.15, 0.2) is 36.4 Å². The van der Waals surface area contributed by atoms with E-state index in [1.165, 1.54) is 51.4 Å². The molecule has 2 aliphatic heterocycles. The summed E-state index contributed by atoms with van der Waals surface area (Å²) in [7, 11) is 0. The molecule has 1 unspecified atom stereocenters. The second-order valence-corrected chi connectivity index (χ2v) is 12.8. The van der Waals surface area contributed by atoms with Gasteiger partial charge in [-0.25, -0.2) is 0 Å². The van der Waals surface area contributed by atoms with E-state index in [-0.39, 0.29) is 17.6 Å². The molecule has 1 saturated carbocycles. The zero-order chi connectivity index (χ0) is 31.1. The Morgan fingerprint density at radius 2 is 1.76 bits per heavy atom. The van der Waals surface area contributed by atoms with E-state index in [1.54, 1.807) is 0 Å². The number of nitrogens with one attached hydrogen (secondary N) is 4. The molecule has 1 spiro atoms. The second-order valence-electron chi connectivity index (χ2n) is 12.8. The molecule has 1 atom stereocenters. The van der Waals surface area contributed by atoms with Crippen molar-refractivity contribution in [2.24, 2.45) is 0 Å². The third-order valence-electron chi connectivity index (χ3n) is 9.43. The number of anilines is 1. The average molecular weight is 616 g/mol. The summed E-state index contributed by atoms with van der Waals surface area (Å²) >= 11 is 0. The van der Waals surface area contributed by atoms with Crippen molar-refractivity contribution in [1.29, 1.82) is 0 Å². The minimum absolute atomic E-state index is 0.00350. The van der Waals surface area contributed by atoms with Gasteiger partial charge < -0.3 is 24.7 Å². The highest BCUT2D eigenvalue weighted by Crippen LogP contribution is 2.33. The van der Waals surface area contributed by atoms with Crippen molar-refractivity contribution >= 4 is 11.6 Å². The topological polar surface area (TPSA) is 114 Å². The maximum atomic E-state index is 13.1. The highest BCUT2D eigenvalue weighted by Gasteiger charge is 2.37. The smallest absolute Gasteiger partial charge is 0.251 e. The summed E-state index contributed by atoms with van der Waals surface area (Å²) in [6.07, 6.45) is 12.2. The highest BCUT2D eigenvalue weighted by atomic mass is 16.6. The van der Waals surface area contributed by atoms with Gasteiger partial charge in [0, 0.05) is 24.3 Å². The van der Waals surface area contributed by atoms with Gasteiger partial charge in [0.05, 0.1) is 18.2 Å². The maximum Gasteiger partial charge on any atom is 0.251 e.